The maximum Gasteiger partial charge on any atom is 0.326 e. The number of rotatable bonds is 22. The van der Waals surface area contributed by atoms with Crippen molar-refractivity contribution in [2.45, 2.75) is 136 Å². The highest BCUT2D eigenvalue weighted by Crippen LogP contribution is 2.21. The average Bonchev–Trinajstić information content (AvgIpc) is 3.56. The molecular weight excluding hydrogens is 666 g/mol. The van der Waals surface area contributed by atoms with Gasteiger partial charge >= 0.3 is 5.97 Å². The molecule has 0 bridgehead atoms. The van der Waals surface area contributed by atoms with Crippen molar-refractivity contribution in [3.05, 3.63) is 35.9 Å². The minimum atomic E-state index is -1.16. The maximum absolute atomic E-state index is 14.0. The molecule has 6 atom stereocenters. The molecular formula is C38H63N7O7. The fourth-order valence-electron chi connectivity index (χ4n) is 6.40. The maximum atomic E-state index is 14.0. The van der Waals surface area contributed by atoms with Gasteiger partial charge in [-0.2, -0.15) is 0 Å². The number of benzene rings is 1. The van der Waals surface area contributed by atoms with Gasteiger partial charge < -0.3 is 42.7 Å². The van der Waals surface area contributed by atoms with E-state index in [0.29, 0.717) is 45.1 Å². The number of carbonyl (C=O) groups is 6. The summed E-state index contributed by atoms with van der Waals surface area (Å²) in [5, 5.41) is 20.8. The number of carbonyl (C=O) groups excluding carboxylic acids is 5. The number of aliphatic carboxylic acids is 1. The van der Waals surface area contributed by atoms with E-state index in [-0.39, 0.29) is 43.6 Å². The SMILES string of the molecule is CC(C)C[C@H](NC(=O)[C@H](CC(C)C)NC(=O)[C@@H](N)Cc1ccccc1)C(=O)N[C@@H](CC(C)C)C(=O)N1CCC[C@H]1C(=O)N[C@@H](CCCCN)C(=O)O. The van der Waals surface area contributed by atoms with E-state index in [4.69, 9.17) is 11.5 Å². The van der Waals surface area contributed by atoms with E-state index in [1.807, 2.05) is 71.9 Å². The fraction of sp³-hybridized carbons (Fsp3) is 0.684. The first-order valence-electron chi connectivity index (χ1n) is 18.8. The second-order valence-electron chi connectivity index (χ2n) is 15.2. The highest BCUT2D eigenvalue weighted by atomic mass is 16.4. The van der Waals surface area contributed by atoms with Crippen molar-refractivity contribution in [1.82, 2.24) is 26.2 Å². The zero-order chi connectivity index (χ0) is 39.0. The lowest BCUT2D eigenvalue weighted by atomic mass is 9.98. The van der Waals surface area contributed by atoms with Gasteiger partial charge in [0.15, 0.2) is 0 Å². The highest BCUT2D eigenvalue weighted by Gasteiger charge is 2.40. The molecule has 1 fully saturated rings. The van der Waals surface area contributed by atoms with Crippen molar-refractivity contribution < 1.29 is 33.9 Å². The smallest absolute Gasteiger partial charge is 0.326 e. The van der Waals surface area contributed by atoms with Crippen LogP contribution < -0.4 is 32.7 Å². The van der Waals surface area contributed by atoms with E-state index >= 15 is 0 Å². The third-order valence-corrected chi connectivity index (χ3v) is 9.04. The van der Waals surface area contributed by atoms with Crippen LogP contribution in [-0.2, 0) is 35.2 Å². The number of hydrogen-bond donors (Lipinski definition) is 7. The first-order valence-corrected chi connectivity index (χ1v) is 18.8. The predicted molar refractivity (Wildman–Crippen MR) is 199 cm³/mol. The molecule has 0 aliphatic carbocycles. The van der Waals surface area contributed by atoms with Crippen molar-refractivity contribution in [2.75, 3.05) is 13.1 Å². The first-order chi connectivity index (χ1) is 24.5. The van der Waals surface area contributed by atoms with Gasteiger partial charge in [0.2, 0.25) is 29.5 Å². The van der Waals surface area contributed by atoms with Crippen LogP contribution in [0.4, 0.5) is 0 Å². The standard InChI is InChI=1S/C38H63N7O7/c1-23(2)19-29(42-33(46)27(40)22-26-13-8-7-9-14-26)34(47)43-30(20-24(3)4)35(48)44-31(21-25(5)6)37(50)45-18-12-16-32(45)36(49)41-28(38(51)52)15-10-11-17-39/h7-9,13-14,23-25,27-32H,10-12,15-22,39-40H2,1-6H3,(H,41,49)(H,42,46)(H,43,47)(H,44,48)(H,51,52)/t27-,28-,29-,30-,31-,32-/m0/s1. The fourth-order valence-corrected chi connectivity index (χ4v) is 6.40. The molecule has 2 rings (SSSR count). The van der Waals surface area contributed by atoms with Gasteiger partial charge in [-0.15, -0.1) is 0 Å². The van der Waals surface area contributed by atoms with Crippen LogP contribution in [0.25, 0.3) is 0 Å². The third-order valence-electron chi connectivity index (χ3n) is 9.04. The van der Waals surface area contributed by atoms with Crippen molar-refractivity contribution >= 4 is 35.5 Å². The molecule has 1 aromatic rings. The second kappa shape index (κ2) is 22.1. The molecule has 1 aromatic carbocycles. The molecule has 0 radical (unpaired) electrons. The summed E-state index contributed by atoms with van der Waals surface area (Å²) in [4.78, 5) is 81.3. The summed E-state index contributed by atoms with van der Waals surface area (Å²) in [5.41, 5.74) is 12.6. The van der Waals surface area contributed by atoms with Crippen molar-refractivity contribution in [3.8, 4) is 0 Å². The van der Waals surface area contributed by atoms with Crippen molar-refractivity contribution in [2.24, 2.45) is 29.2 Å². The minimum Gasteiger partial charge on any atom is -0.480 e. The van der Waals surface area contributed by atoms with Crippen LogP contribution in [-0.4, -0.2) is 94.9 Å². The number of nitrogens with two attached hydrogens (primary N) is 2. The Morgan fingerprint density at radius 1 is 0.750 bits per heavy atom. The van der Waals surface area contributed by atoms with Crippen LogP contribution in [0.2, 0.25) is 0 Å². The number of carboxylic acid groups (broad SMARTS) is 1. The van der Waals surface area contributed by atoms with Gasteiger partial charge in [0.05, 0.1) is 6.04 Å². The molecule has 1 heterocycles. The molecule has 1 aliphatic rings. The van der Waals surface area contributed by atoms with Gasteiger partial charge in [0.1, 0.15) is 30.2 Å². The van der Waals surface area contributed by atoms with Crippen LogP contribution in [0.5, 0.6) is 0 Å². The summed E-state index contributed by atoms with van der Waals surface area (Å²) < 4.78 is 0. The molecule has 0 saturated carbocycles. The molecule has 1 aliphatic heterocycles. The zero-order valence-corrected chi connectivity index (χ0v) is 31.9. The molecule has 14 nitrogen and oxygen atoms in total. The summed E-state index contributed by atoms with van der Waals surface area (Å²) in [7, 11) is 0. The number of carboxylic acids is 1. The number of hydrogen-bond acceptors (Lipinski definition) is 8. The summed E-state index contributed by atoms with van der Waals surface area (Å²) >= 11 is 0. The summed E-state index contributed by atoms with van der Waals surface area (Å²) in [6.45, 7) is 12.2. The van der Waals surface area contributed by atoms with E-state index in [2.05, 4.69) is 21.3 Å². The molecule has 0 unspecified atom stereocenters. The highest BCUT2D eigenvalue weighted by molar-refractivity contribution is 5.96. The average molecular weight is 730 g/mol. The Morgan fingerprint density at radius 2 is 1.27 bits per heavy atom. The molecule has 0 spiro atoms. The van der Waals surface area contributed by atoms with Gasteiger partial charge in [-0.25, -0.2) is 4.79 Å². The van der Waals surface area contributed by atoms with Crippen LogP contribution in [0.15, 0.2) is 30.3 Å². The van der Waals surface area contributed by atoms with E-state index < -0.39 is 71.8 Å². The molecule has 9 N–H and O–H groups in total. The van der Waals surface area contributed by atoms with Gasteiger partial charge in [0, 0.05) is 6.54 Å². The van der Waals surface area contributed by atoms with E-state index in [1.54, 1.807) is 0 Å². The molecule has 1 saturated heterocycles. The number of amides is 5. The molecule has 292 valence electrons. The van der Waals surface area contributed by atoms with Gasteiger partial charge in [-0.1, -0.05) is 71.9 Å². The number of nitrogens with one attached hydrogen (secondary N) is 4. The molecule has 14 heteroatoms. The summed E-state index contributed by atoms with van der Waals surface area (Å²) in [6, 6.07) is 3.52. The van der Waals surface area contributed by atoms with Gasteiger partial charge in [-0.05, 0) is 87.6 Å². The second-order valence-corrected chi connectivity index (χ2v) is 15.2. The minimum absolute atomic E-state index is 0.00747. The van der Waals surface area contributed by atoms with Crippen molar-refractivity contribution in [3.63, 3.8) is 0 Å². The Morgan fingerprint density at radius 3 is 1.79 bits per heavy atom. The Hall–Kier alpha value is -4.04. The number of unbranched alkanes of at least 4 members (excludes halogenated alkanes) is 1. The van der Waals surface area contributed by atoms with E-state index in [1.165, 1.54) is 4.90 Å². The molecule has 5 amide bonds. The van der Waals surface area contributed by atoms with E-state index in [9.17, 15) is 33.9 Å². The Labute approximate surface area is 309 Å². The monoisotopic (exact) mass is 729 g/mol. The number of nitrogens with zero attached hydrogens (tertiary/aromatic N) is 1. The van der Waals surface area contributed by atoms with Crippen LogP contribution in [0.1, 0.15) is 98.5 Å². The van der Waals surface area contributed by atoms with Crippen LogP contribution in [0, 0.1) is 17.8 Å². The van der Waals surface area contributed by atoms with Crippen LogP contribution >= 0.6 is 0 Å². The van der Waals surface area contributed by atoms with Crippen molar-refractivity contribution in [1.29, 1.82) is 0 Å². The summed E-state index contributed by atoms with van der Waals surface area (Å²) in [6.07, 6.45) is 3.43. The zero-order valence-electron chi connectivity index (χ0n) is 31.9. The van der Waals surface area contributed by atoms with E-state index in [0.717, 1.165) is 5.56 Å². The molecule has 0 aromatic heterocycles. The third kappa shape index (κ3) is 14.9. The van der Waals surface area contributed by atoms with Gasteiger partial charge in [0.25, 0.3) is 0 Å². The Balaban J connectivity index is 2.21. The summed E-state index contributed by atoms with van der Waals surface area (Å²) in [5.74, 6) is -3.69. The molecule has 52 heavy (non-hydrogen) atoms. The lowest BCUT2D eigenvalue weighted by Crippen LogP contribution is -2.59. The first kappa shape index (κ1) is 44.1. The van der Waals surface area contributed by atoms with Crippen LogP contribution in [0.3, 0.4) is 0 Å². The Kier molecular flexibility index (Phi) is 18.8. The lowest BCUT2D eigenvalue weighted by molar-refractivity contribution is -0.145. The quantitative estimate of drug-likeness (QED) is 0.0864. The Bertz CT molecular complexity index is 1320. The lowest BCUT2D eigenvalue weighted by Gasteiger charge is -2.31. The topological polar surface area (TPSA) is 226 Å². The number of likely N-dealkylation sites (tertiary alicyclic amines) is 1. The largest absolute Gasteiger partial charge is 0.480 e. The predicted octanol–water partition coefficient (Wildman–Crippen LogP) is 1.84. The normalized spacial score (nSPS) is 17.3. The van der Waals surface area contributed by atoms with Gasteiger partial charge in [-0.3, -0.25) is 24.0 Å².